The van der Waals surface area contributed by atoms with Crippen LogP contribution in [0.15, 0.2) is 34.1 Å². The molecule has 0 radical (unpaired) electrons. The summed E-state index contributed by atoms with van der Waals surface area (Å²) in [6.45, 7) is 2.95. The van der Waals surface area contributed by atoms with Gasteiger partial charge < -0.3 is 4.57 Å². The monoisotopic (exact) mass is 368 g/mol. The Labute approximate surface area is 135 Å². The maximum atomic E-state index is 5.92. The van der Waals surface area contributed by atoms with Crippen LogP contribution in [0, 0.1) is 6.92 Å². The summed E-state index contributed by atoms with van der Waals surface area (Å²) < 4.78 is 3.44. The average Bonchev–Trinajstić information content (AvgIpc) is 2.97. The van der Waals surface area contributed by atoms with Gasteiger partial charge in [-0.25, -0.2) is 4.98 Å². The van der Waals surface area contributed by atoms with E-state index in [1.807, 2.05) is 0 Å². The van der Waals surface area contributed by atoms with Crippen molar-refractivity contribution in [3.05, 3.63) is 50.4 Å². The molecule has 104 valence electrons. The molecular formula is C15H14BrClN2S. The Balaban J connectivity index is 2.11. The third-order valence-electron chi connectivity index (χ3n) is 3.32. The number of imidazole rings is 1. The minimum absolute atomic E-state index is 0.594. The van der Waals surface area contributed by atoms with E-state index in [9.17, 15) is 0 Å². The molecule has 5 heteroatoms. The lowest BCUT2D eigenvalue weighted by atomic mass is 10.2. The second-order valence-electron chi connectivity index (χ2n) is 4.70. The Morgan fingerprint density at radius 1 is 1.30 bits per heavy atom. The molecule has 0 aliphatic carbocycles. The number of benzene rings is 1. The van der Waals surface area contributed by atoms with Crippen molar-refractivity contribution in [3.8, 4) is 0 Å². The molecule has 0 N–H and O–H groups in total. The molecule has 2 aromatic heterocycles. The Bertz CT molecular complexity index is 747. The number of para-hydroxylation sites is 1. The smallest absolute Gasteiger partial charge is 0.111 e. The summed E-state index contributed by atoms with van der Waals surface area (Å²) in [5, 5.41) is 0. The molecule has 2 nitrogen and oxygen atoms in total. The van der Waals surface area contributed by atoms with Gasteiger partial charge >= 0.3 is 0 Å². The molecule has 0 saturated carbocycles. The predicted molar refractivity (Wildman–Crippen MR) is 90.0 cm³/mol. The first-order valence-corrected chi connectivity index (χ1v) is 8.58. The molecule has 0 saturated heterocycles. The average molecular weight is 370 g/mol. The van der Waals surface area contributed by atoms with Crippen molar-refractivity contribution in [2.45, 2.75) is 19.9 Å². The fourth-order valence-corrected chi connectivity index (χ4v) is 4.02. The lowest BCUT2D eigenvalue weighted by Crippen LogP contribution is -2.04. The molecule has 0 bridgehead atoms. The van der Waals surface area contributed by atoms with Crippen LogP contribution in [0.2, 0.25) is 0 Å². The first kappa shape index (κ1) is 14.1. The zero-order valence-corrected chi connectivity index (χ0v) is 14.2. The number of aryl methyl sites for hydroxylation is 2. The molecule has 0 aliphatic heterocycles. The first-order valence-electron chi connectivity index (χ1n) is 6.44. The normalized spacial score (nSPS) is 11.3. The first-order chi connectivity index (χ1) is 9.69. The Morgan fingerprint density at radius 2 is 2.15 bits per heavy atom. The van der Waals surface area contributed by atoms with Crippen molar-refractivity contribution >= 4 is 49.9 Å². The number of thiophene rings is 1. The van der Waals surface area contributed by atoms with Crippen LogP contribution in [-0.4, -0.2) is 15.4 Å². The van der Waals surface area contributed by atoms with Crippen molar-refractivity contribution < 1.29 is 0 Å². The van der Waals surface area contributed by atoms with Gasteiger partial charge in [0.25, 0.3) is 0 Å². The van der Waals surface area contributed by atoms with E-state index in [0.29, 0.717) is 5.88 Å². The highest BCUT2D eigenvalue weighted by Crippen LogP contribution is 2.26. The van der Waals surface area contributed by atoms with Gasteiger partial charge in [0, 0.05) is 17.2 Å². The SMILES string of the molecule is Cc1cccc2c1nc(CCCl)n2Cc1ccc(Br)s1. The maximum absolute atomic E-state index is 5.92. The lowest BCUT2D eigenvalue weighted by molar-refractivity contribution is 0.763. The van der Waals surface area contributed by atoms with E-state index in [4.69, 9.17) is 16.6 Å². The van der Waals surface area contributed by atoms with Gasteiger partial charge in [-0.1, -0.05) is 12.1 Å². The van der Waals surface area contributed by atoms with E-state index >= 15 is 0 Å². The van der Waals surface area contributed by atoms with Crippen LogP contribution in [0.3, 0.4) is 0 Å². The van der Waals surface area contributed by atoms with Crippen molar-refractivity contribution in [2.75, 3.05) is 5.88 Å². The largest absolute Gasteiger partial charge is 0.323 e. The van der Waals surface area contributed by atoms with Gasteiger partial charge in [-0.3, -0.25) is 0 Å². The van der Waals surface area contributed by atoms with Gasteiger partial charge in [0.05, 0.1) is 21.4 Å². The summed E-state index contributed by atoms with van der Waals surface area (Å²) in [7, 11) is 0. The van der Waals surface area contributed by atoms with Crippen molar-refractivity contribution in [1.29, 1.82) is 0 Å². The highest BCUT2D eigenvalue weighted by molar-refractivity contribution is 9.11. The zero-order chi connectivity index (χ0) is 14.1. The third kappa shape index (κ3) is 2.65. The minimum atomic E-state index is 0.594. The molecule has 0 atom stereocenters. The van der Waals surface area contributed by atoms with Gasteiger partial charge in [-0.2, -0.15) is 0 Å². The van der Waals surface area contributed by atoms with E-state index < -0.39 is 0 Å². The third-order valence-corrected chi connectivity index (χ3v) is 5.12. The fourth-order valence-electron chi connectivity index (χ4n) is 2.38. The van der Waals surface area contributed by atoms with Gasteiger partial charge in [0.2, 0.25) is 0 Å². The number of hydrogen-bond acceptors (Lipinski definition) is 2. The quantitative estimate of drug-likeness (QED) is 0.592. The Hall–Kier alpha value is -0.840. The molecule has 1 aromatic carbocycles. The van der Waals surface area contributed by atoms with Crippen LogP contribution in [0.1, 0.15) is 16.3 Å². The van der Waals surface area contributed by atoms with Crippen molar-refractivity contribution in [1.82, 2.24) is 9.55 Å². The van der Waals surface area contributed by atoms with E-state index in [0.717, 1.165) is 28.1 Å². The number of halogens is 2. The minimum Gasteiger partial charge on any atom is -0.323 e. The van der Waals surface area contributed by atoms with Crippen LogP contribution >= 0.6 is 38.9 Å². The summed E-state index contributed by atoms with van der Waals surface area (Å²) in [6.07, 6.45) is 0.794. The molecule has 3 rings (SSSR count). The van der Waals surface area contributed by atoms with Crippen molar-refractivity contribution in [2.24, 2.45) is 0 Å². The molecule has 0 fully saturated rings. The molecule has 20 heavy (non-hydrogen) atoms. The predicted octanol–water partition coefficient (Wildman–Crippen LogP) is 5.00. The molecular weight excluding hydrogens is 356 g/mol. The van der Waals surface area contributed by atoms with Gasteiger partial charge in [0.1, 0.15) is 5.82 Å². The van der Waals surface area contributed by atoms with Gasteiger partial charge in [0.15, 0.2) is 0 Å². The van der Waals surface area contributed by atoms with Gasteiger partial charge in [-0.05, 0) is 46.6 Å². The Morgan fingerprint density at radius 3 is 2.85 bits per heavy atom. The number of rotatable bonds is 4. The number of aromatic nitrogens is 2. The number of fused-ring (bicyclic) bond motifs is 1. The van der Waals surface area contributed by atoms with Crippen LogP contribution in [0.25, 0.3) is 11.0 Å². The van der Waals surface area contributed by atoms with E-state index in [1.54, 1.807) is 11.3 Å². The number of alkyl halides is 1. The maximum Gasteiger partial charge on any atom is 0.111 e. The van der Waals surface area contributed by atoms with Crippen LogP contribution in [0.5, 0.6) is 0 Å². The molecule has 2 heterocycles. The van der Waals surface area contributed by atoms with Crippen molar-refractivity contribution in [3.63, 3.8) is 0 Å². The standard InChI is InChI=1S/C15H14BrClN2S/c1-10-3-2-4-12-15(10)18-14(7-8-17)19(12)9-11-5-6-13(16)20-11/h2-6H,7-9H2,1H3. The molecule has 3 aromatic rings. The molecule has 0 amide bonds. The number of nitrogens with zero attached hydrogens (tertiary/aromatic N) is 2. The van der Waals surface area contributed by atoms with Crippen LogP contribution in [0.4, 0.5) is 0 Å². The van der Waals surface area contributed by atoms with E-state index in [1.165, 1.54) is 16.0 Å². The second kappa shape index (κ2) is 5.88. The highest BCUT2D eigenvalue weighted by atomic mass is 79.9. The summed E-state index contributed by atoms with van der Waals surface area (Å²) >= 11 is 11.2. The molecule has 0 spiro atoms. The number of hydrogen-bond donors (Lipinski definition) is 0. The molecule has 0 unspecified atom stereocenters. The van der Waals surface area contributed by atoms with Crippen LogP contribution < -0.4 is 0 Å². The van der Waals surface area contributed by atoms with E-state index in [2.05, 4.69) is 57.8 Å². The van der Waals surface area contributed by atoms with Crippen LogP contribution in [-0.2, 0) is 13.0 Å². The second-order valence-corrected chi connectivity index (χ2v) is 7.63. The highest BCUT2D eigenvalue weighted by Gasteiger charge is 2.12. The molecule has 0 aliphatic rings. The summed E-state index contributed by atoms with van der Waals surface area (Å²) in [5.41, 5.74) is 3.49. The zero-order valence-electron chi connectivity index (χ0n) is 11.1. The van der Waals surface area contributed by atoms with Gasteiger partial charge in [-0.15, -0.1) is 22.9 Å². The lowest BCUT2D eigenvalue weighted by Gasteiger charge is -2.07. The summed E-state index contributed by atoms with van der Waals surface area (Å²) in [6, 6.07) is 10.6. The Kier molecular flexibility index (Phi) is 4.15. The fraction of sp³-hybridized carbons (Fsp3) is 0.267. The topological polar surface area (TPSA) is 17.8 Å². The van der Waals surface area contributed by atoms with E-state index in [-0.39, 0.29) is 0 Å². The summed E-state index contributed by atoms with van der Waals surface area (Å²) in [4.78, 5) is 6.09. The summed E-state index contributed by atoms with van der Waals surface area (Å²) in [5.74, 6) is 1.66.